The van der Waals surface area contributed by atoms with Crippen molar-refractivity contribution in [2.75, 3.05) is 13.2 Å². The molecule has 1 aliphatic rings. The third-order valence-electron chi connectivity index (χ3n) is 3.16. The molecular weight excluding hydrogens is 286 g/mol. The first-order valence-electron chi connectivity index (χ1n) is 7.00. The van der Waals surface area contributed by atoms with Gasteiger partial charge in [0.15, 0.2) is 0 Å². The molecule has 1 heterocycles. The van der Waals surface area contributed by atoms with Gasteiger partial charge in [0.05, 0.1) is 12.6 Å². The summed E-state index contributed by atoms with van der Waals surface area (Å²) in [6, 6.07) is 9.12. The molecule has 1 aromatic rings. The predicted molar refractivity (Wildman–Crippen MR) is 77.9 cm³/mol. The summed E-state index contributed by atoms with van der Waals surface area (Å²) in [5.41, 5.74) is 0.998. The van der Waals surface area contributed by atoms with Crippen LogP contribution in [0.2, 0.25) is 0 Å². The van der Waals surface area contributed by atoms with Gasteiger partial charge in [-0.2, -0.15) is 0 Å². The van der Waals surface area contributed by atoms with Crippen LogP contribution in [0.25, 0.3) is 0 Å². The molecule has 0 unspecified atom stereocenters. The van der Waals surface area contributed by atoms with E-state index < -0.39 is 18.0 Å². The Kier molecular flexibility index (Phi) is 5.30. The molecule has 0 N–H and O–H groups in total. The van der Waals surface area contributed by atoms with E-state index in [-0.39, 0.29) is 19.3 Å². The molecule has 0 spiro atoms. The maximum absolute atomic E-state index is 12.1. The Morgan fingerprint density at radius 1 is 1.32 bits per heavy atom. The highest BCUT2D eigenvalue weighted by atomic mass is 16.6. The highest BCUT2D eigenvalue weighted by molar-refractivity contribution is 6.02. The molecular formula is C16H17NO5. The number of cyclic esters (lactones) is 1. The summed E-state index contributed by atoms with van der Waals surface area (Å²) in [5.74, 6) is -1.21. The van der Waals surface area contributed by atoms with Crippen LogP contribution in [0.4, 0.5) is 4.79 Å². The van der Waals surface area contributed by atoms with E-state index in [1.54, 1.807) is 6.92 Å². The van der Waals surface area contributed by atoms with Crippen molar-refractivity contribution in [2.45, 2.75) is 19.4 Å². The molecule has 0 radical (unpaired) electrons. The summed E-state index contributed by atoms with van der Waals surface area (Å²) in [6.07, 6.45) is 1.85. The minimum absolute atomic E-state index is 0.146. The highest BCUT2D eigenvalue weighted by Crippen LogP contribution is 2.17. The standard InChI is InChI=1S/C16H17NO5/c1-2-21-15(19)9-8-14(18)17-13(11-22-16(17)20)10-12-6-4-3-5-7-12/h3-9,13H,2,10-11H2,1H3/b9-8+/t13-/m1/s1. The first kappa shape index (κ1) is 15.8. The van der Waals surface area contributed by atoms with Crippen LogP contribution in [-0.2, 0) is 25.5 Å². The first-order valence-corrected chi connectivity index (χ1v) is 7.00. The Labute approximate surface area is 128 Å². The molecule has 22 heavy (non-hydrogen) atoms. The van der Waals surface area contributed by atoms with Crippen LogP contribution in [0.3, 0.4) is 0 Å². The Bertz CT molecular complexity index is 581. The van der Waals surface area contributed by atoms with Crippen LogP contribution in [-0.4, -0.2) is 42.1 Å². The summed E-state index contributed by atoms with van der Waals surface area (Å²) in [4.78, 5) is 36.1. The molecule has 0 aliphatic carbocycles. The number of benzene rings is 1. The third kappa shape index (κ3) is 3.94. The van der Waals surface area contributed by atoms with Gasteiger partial charge < -0.3 is 9.47 Å². The zero-order chi connectivity index (χ0) is 15.9. The van der Waals surface area contributed by atoms with E-state index in [9.17, 15) is 14.4 Å². The van der Waals surface area contributed by atoms with Crippen LogP contribution >= 0.6 is 0 Å². The minimum Gasteiger partial charge on any atom is -0.463 e. The van der Waals surface area contributed by atoms with Crippen molar-refractivity contribution in [1.82, 2.24) is 4.90 Å². The van der Waals surface area contributed by atoms with E-state index in [2.05, 4.69) is 0 Å². The Morgan fingerprint density at radius 2 is 2.05 bits per heavy atom. The maximum atomic E-state index is 12.1. The molecule has 0 aromatic heterocycles. The fourth-order valence-corrected chi connectivity index (χ4v) is 2.18. The molecule has 0 saturated carbocycles. The second-order valence-corrected chi connectivity index (χ2v) is 4.71. The molecule has 1 atom stereocenters. The fraction of sp³-hybridized carbons (Fsp3) is 0.312. The normalized spacial score (nSPS) is 17.6. The van der Waals surface area contributed by atoms with Crippen molar-refractivity contribution >= 4 is 18.0 Å². The molecule has 1 aromatic carbocycles. The molecule has 2 amide bonds. The van der Waals surface area contributed by atoms with Crippen LogP contribution in [0.5, 0.6) is 0 Å². The number of carbonyl (C=O) groups is 3. The third-order valence-corrected chi connectivity index (χ3v) is 3.16. The summed E-state index contributed by atoms with van der Waals surface area (Å²) >= 11 is 0. The number of amides is 2. The van der Waals surface area contributed by atoms with Gasteiger partial charge in [-0.05, 0) is 18.9 Å². The van der Waals surface area contributed by atoms with Crippen molar-refractivity contribution in [2.24, 2.45) is 0 Å². The lowest BCUT2D eigenvalue weighted by Crippen LogP contribution is -2.39. The minimum atomic E-state index is -0.695. The van der Waals surface area contributed by atoms with Gasteiger partial charge in [0.2, 0.25) is 0 Å². The molecule has 6 heteroatoms. The predicted octanol–water partition coefficient (Wildman–Crippen LogP) is 1.70. The number of rotatable bonds is 5. The smallest absolute Gasteiger partial charge is 0.417 e. The van der Waals surface area contributed by atoms with Gasteiger partial charge in [-0.15, -0.1) is 0 Å². The van der Waals surface area contributed by atoms with Crippen molar-refractivity contribution < 1.29 is 23.9 Å². The fourth-order valence-electron chi connectivity index (χ4n) is 2.18. The van der Waals surface area contributed by atoms with Crippen molar-refractivity contribution in [3.8, 4) is 0 Å². The van der Waals surface area contributed by atoms with Crippen molar-refractivity contribution in [3.63, 3.8) is 0 Å². The van der Waals surface area contributed by atoms with Crippen molar-refractivity contribution in [1.29, 1.82) is 0 Å². The number of nitrogens with zero attached hydrogens (tertiary/aromatic N) is 1. The summed E-state index contributed by atoms with van der Waals surface area (Å²) < 4.78 is 9.63. The molecule has 116 valence electrons. The monoisotopic (exact) mass is 303 g/mol. The van der Waals surface area contributed by atoms with Gasteiger partial charge in [-0.3, -0.25) is 4.79 Å². The lowest BCUT2D eigenvalue weighted by atomic mass is 10.1. The van der Waals surface area contributed by atoms with Crippen LogP contribution in [0.1, 0.15) is 12.5 Å². The number of hydrogen-bond donors (Lipinski definition) is 0. The van der Waals surface area contributed by atoms with Crippen LogP contribution in [0.15, 0.2) is 42.5 Å². The van der Waals surface area contributed by atoms with E-state index in [4.69, 9.17) is 9.47 Å². The summed E-state index contributed by atoms with van der Waals surface area (Å²) in [5, 5.41) is 0. The second kappa shape index (κ2) is 7.40. The zero-order valence-corrected chi connectivity index (χ0v) is 12.2. The van der Waals surface area contributed by atoms with Gasteiger partial charge >= 0.3 is 12.1 Å². The lowest BCUT2D eigenvalue weighted by Gasteiger charge is -2.17. The van der Waals surface area contributed by atoms with E-state index in [0.717, 1.165) is 22.6 Å². The average molecular weight is 303 g/mol. The SMILES string of the molecule is CCOC(=O)/C=C/C(=O)N1C(=O)OC[C@H]1Cc1ccccc1. The first-order chi connectivity index (χ1) is 10.6. The Hall–Kier alpha value is -2.63. The number of hydrogen-bond acceptors (Lipinski definition) is 5. The Balaban J connectivity index is 2.04. The van der Waals surface area contributed by atoms with Gasteiger partial charge in [0.1, 0.15) is 6.61 Å². The quantitative estimate of drug-likeness (QED) is 0.611. The van der Waals surface area contributed by atoms with Gasteiger partial charge in [-0.25, -0.2) is 14.5 Å². The lowest BCUT2D eigenvalue weighted by molar-refractivity contribution is -0.137. The topological polar surface area (TPSA) is 72.9 Å². The molecule has 1 saturated heterocycles. The number of carbonyl (C=O) groups excluding carboxylic acids is 3. The maximum Gasteiger partial charge on any atom is 0.417 e. The van der Waals surface area contributed by atoms with Crippen molar-refractivity contribution in [3.05, 3.63) is 48.0 Å². The second-order valence-electron chi connectivity index (χ2n) is 4.71. The number of imide groups is 1. The highest BCUT2D eigenvalue weighted by Gasteiger charge is 2.36. The molecule has 1 aliphatic heterocycles. The summed E-state index contributed by atoms with van der Waals surface area (Å²) in [6.45, 7) is 2.04. The molecule has 0 bridgehead atoms. The zero-order valence-electron chi connectivity index (χ0n) is 12.2. The number of ether oxygens (including phenoxy) is 2. The molecule has 2 rings (SSSR count). The van der Waals surface area contributed by atoms with E-state index in [1.165, 1.54) is 0 Å². The largest absolute Gasteiger partial charge is 0.463 e. The van der Waals surface area contributed by atoms with E-state index in [0.29, 0.717) is 6.42 Å². The molecule has 6 nitrogen and oxygen atoms in total. The van der Waals surface area contributed by atoms with E-state index >= 15 is 0 Å². The Morgan fingerprint density at radius 3 is 2.73 bits per heavy atom. The van der Waals surface area contributed by atoms with Crippen LogP contribution in [0, 0.1) is 0 Å². The van der Waals surface area contributed by atoms with Gasteiger partial charge in [-0.1, -0.05) is 30.3 Å². The average Bonchev–Trinajstić information content (AvgIpc) is 2.87. The van der Waals surface area contributed by atoms with Gasteiger partial charge in [0, 0.05) is 12.2 Å². The molecule has 1 fully saturated rings. The summed E-state index contributed by atoms with van der Waals surface area (Å²) in [7, 11) is 0. The number of esters is 1. The van der Waals surface area contributed by atoms with Crippen LogP contribution < -0.4 is 0 Å². The van der Waals surface area contributed by atoms with E-state index in [1.807, 2.05) is 30.3 Å². The van der Waals surface area contributed by atoms with Gasteiger partial charge in [0.25, 0.3) is 5.91 Å².